The topological polar surface area (TPSA) is 143 Å². The monoisotopic (exact) mass is 460 g/mol. The van der Waals surface area contributed by atoms with Crippen molar-refractivity contribution in [3.63, 3.8) is 0 Å². The molecule has 5 rings (SSSR count). The van der Waals surface area contributed by atoms with E-state index in [1.165, 1.54) is 0 Å². The van der Waals surface area contributed by atoms with Crippen LogP contribution in [0.25, 0.3) is 22.3 Å². The molecule has 4 aromatic rings. The summed E-state index contributed by atoms with van der Waals surface area (Å²) in [5.74, 6) is 2.01. The number of hydrogen-bond donors (Lipinski definition) is 2. The maximum Gasteiger partial charge on any atom is 0.159 e. The van der Waals surface area contributed by atoms with Crippen molar-refractivity contribution in [2.24, 2.45) is 0 Å². The van der Waals surface area contributed by atoms with Gasteiger partial charge in [0.15, 0.2) is 5.82 Å². The molecule has 4 N–H and O–H groups in total. The highest BCUT2D eigenvalue weighted by Gasteiger charge is 2.19. The summed E-state index contributed by atoms with van der Waals surface area (Å²) in [4.78, 5) is 18.1. The van der Waals surface area contributed by atoms with Gasteiger partial charge in [0.05, 0.1) is 31.1 Å². The Morgan fingerprint density at radius 3 is 2.53 bits per heavy atom. The van der Waals surface area contributed by atoms with Crippen LogP contribution in [0.1, 0.15) is 29.8 Å². The van der Waals surface area contributed by atoms with Gasteiger partial charge in [-0.1, -0.05) is 0 Å². The zero-order valence-corrected chi connectivity index (χ0v) is 19.4. The van der Waals surface area contributed by atoms with Gasteiger partial charge in [0.25, 0.3) is 0 Å². The molecule has 4 heterocycles. The van der Waals surface area contributed by atoms with Crippen LogP contribution in [0, 0.1) is 13.8 Å². The number of rotatable bonds is 6. The van der Waals surface area contributed by atoms with Crippen molar-refractivity contribution in [3.05, 3.63) is 59.9 Å². The molecule has 3 aromatic heterocycles. The van der Waals surface area contributed by atoms with Crippen LogP contribution in [0.2, 0.25) is 0 Å². The van der Waals surface area contributed by atoms with E-state index in [9.17, 15) is 0 Å². The Bertz CT molecular complexity index is 1240. The molecule has 176 valence electrons. The molecule has 10 heteroatoms. The summed E-state index contributed by atoms with van der Waals surface area (Å²) in [6.45, 7) is 5.76. The van der Waals surface area contributed by atoms with Crippen LogP contribution in [0.5, 0.6) is 5.75 Å². The Labute approximate surface area is 197 Å². The summed E-state index contributed by atoms with van der Waals surface area (Å²) in [6, 6.07) is 7.85. The highest BCUT2D eigenvalue weighted by molar-refractivity contribution is 5.96. The minimum absolute atomic E-state index is 0. The number of fused-ring (bicyclic) bond motifs is 1. The molecule has 0 atom stereocenters. The number of anilines is 1. The third-order valence-electron chi connectivity index (χ3n) is 5.49. The molecule has 1 saturated heterocycles. The fourth-order valence-electron chi connectivity index (χ4n) is 3.71. The lowest BCUT2D eigenvalue weighted by atomic mass is 10.1. The smallest absolute Gasteiger partial charge is 0.159 e. The van der Waals surface area contributed by atoms with Crippen LogP contribution in [0.3, 0.4) is 0 Å². The number of aromatic nitrogens is 6. The Kier molecular flexibility index (Phi) is 7.19. The van der Waals surface area contributed by atoms with Crippen molar-refractivity contribution < 1.29 is 9.47 Å². The molecule has 10 nitrogen and oxygen atoms in total. The predicted molar refractivity (Wildman–Crippen MR) is 129 cm³/mol. The second-order valence-corrected chi connectivity index (χ2v) is 8.13. The fraction of sp³-hybridized carbons (Fsp3) is 0.333. The number of nitrogens with zero attached hydrogens (tertiary/aromatic N) is 6. The molecule has 34 heavy (non-hydrogen) atoms. The number of benzene rings is 1. The average molecular weight is 461 g/mol. The largest absolute Gasteiger partial charge is 0.488 e. The van der Waals surface area contributed by atoms with E-state index in [1.807, 2.05) is 50.5 Å². The average Bonchev–Trinajstić information content (AvgIpc) is 2.85. The van der Waals surface area contributed by atoms with Crippen molar-refractivity contribution in [2.75, 3.05) is 18.5 Å². The maximum absolute atomic E-state index is 6.41. The lowest BCUT2D eigenvalue weighted by molar-refractivity contribution is 0.0261. The summed E-state index contributed by atoms with van der Waals surface area (Å²) in [6.07, 6.45) is 6.92. The molecule has 1 aliphatic rings. The number of nitrogens with one attached hydrogen (secondary N) is 1. The van der Waals surface area contributed by atoms with Crippen LogP contribution >= 0.6 is 0 Å². The Balaban J connectivity index is 0.00000274. The van der Waals surface area contributed by atoms with Gasteiger partial charge in [-0.3, -0.25) is 0 Å². The molecule has 1 aromatic carbocycles. The van der Waals surface area contributed by atoms with Gasteiger partial charge >= 0.3 is 0 Å². The molecule has 0 saturated carbocycles. The fourth-order valence-corrected chi connectivity index (χ4v) is 3.71. The van der Waals surface area contributed by atoms with Gasteiger partial charge in [-0.2, -0.15) is 10.2 Å². The van der Waals surface area contributed by atoms with Crippen LogP contribution in [-0.4, -0.2) is 49.5 Å². The Hall–Kier alpha value is -3.76. The van der Waals surface area contributed by atoms with E-state index < -0.39 is 0 Å². The number of hydrogen-bond acceptors (Lipinski definition) is 10. The quantitative estimate of drug-likeness (QED) is 0.436. The van der Waals surface area contributed by atoms with Crippen LogP contribution < -0.4 is 16.2 Å². The summed E-state index contributed by atoms with van der Waals surface area (Å²) in [5, 5.41) is 12.6. The molecule has 0 spiro atoms. The lowest BCUT2D eigenvalue weighted by Gasteiger charge is -2.24. The second-order valence-electron chi connectivity index (χ2n) is 8.13. The molecule has 0 amide bonds. The van der Waals surface area contributed by atoms with Crippen molar-refractivity contribution in [3.8, 4) is 17.1 Å². The first-order valence-electron chi connectivity index (χ1n) is 11.0. The normalized spacial score (nSPS) is 13.9. The van der Waals surface area contributed by atoms with Gasteiger partial charge < -0.3 is 20.9 Å². The summed E-state index contributed by atoms with van der Waals surface area (Å²) in [7, 11) is 0. The third kappa shape index (κ3) is 5.24. The molecular weight excluding hydrogens is 432 g/mol. The van der Waals surface area contributed by atoms with Gasteiger partial charge in [0, 0.05) is 36.2 Å². The molecule has 0 aliphatic carbocycles. The van der Waals surface area contributed by atoms with Gasteiger partial charge in [-0.25, -0.2) is 19.9 Å². The zero-order chi connectivity index (χ0) is 22.6. The maximum atomic E-state index is 6.41. The predicted octanol–water partition coefficient (Wildman–Crippen LogP) is 3.83. The first-order chi connectivity index (χ1) is 16.2. The van der Waals surface area contributed by atoms with E-state index in [-0.39, 0.29) is 12.3 Å². The number of ether oxygens (including phenoxy) is 2. The van der Waals surface area contributed by atoms with Crippen molar-refractivity contribution in [2.45, 2.75) is 39.3 Å². The minimum atomic E-state index is 0. The first-order valence-corrected chi connectivity index (χ1v) is 11.0. The van der Waals surface area contributed by atoms with E-state index in [0.717, 1.165) is 46.3 Å². The molecule has 0 unspecified atom stereocenters. The van der Waals surface area contributed by atoms with Crippen molar-refractivity contribution in [1.82, 2.24) is 36.3 Å². The Morgan fingerprint density at radius 2 is 1.79 bits per heavy atom. The van der Waals surface area contributed by atoms with Crippen LogP contribution in [0.15, 0.2) is 43.0 Å². The van der Waals surface area contributed by atoms with Crippen molar-refractivity contribution >= 4 is 16.7 Å². The molecular formula is C24H28N8O2. The molecule has 0 bridgehead atoms. The standard InChI is InChI=1S/C24H25N7O2.H3N/c1-15-11-25-23(26-12-15)17-9-20-22(21(10-17)33-19-5-7-32-8-6-19)28-14-29-24(20)27-13-18-4-3-16(2)30-31-18;/h3-4,9-12,14,19H,5-8,13H2,1-2H3,(H,27,28,29);1H3. The molecule has 1 fully saturated rings. The van der Waals surface area contributed by atoms with E-state index >= 15 is 0 Å². The van der Waals surface area contributed by atoms with E-state index in [4.69, 9.17) is 9.47 Å². The highest BCUT2D eigenvalue weighted by atomic mass is 16.5. The van der Waals surface area contributed by atoms with Gasteiger partial charge in [-0.05, 0) is 43.7 Å². The summed E-state index contributed by atoms with van der Waals surface area (Å²) < 4.78 is 11.9. The zero-order valence-electron chi connectivity index (χ0n) is 19.4. The summed E-state index contributed by atoms with van der Waals surface area (Å²) in [5.41, 5.74) is 4.29. The molecule has 1 aliphatic heterocycles. The van der Waals surface area contributed by atoms with E-state index in [1.54, 1.807) is 6.33 Å². The van der Waals surface area contributed by atoms with Gasteiger partial charge in [0.2, 0.25) is 0 Å². The second kappa shape index (κ2) is 10.4. The lowest BCUT2D eigenvalue weighted by Crippen LogP contribution is -2.26. The summed E-state index contributed by atoms with van der Waals surface area (Å²) >= 11 is 0. The first kappa shape index (κ1) is 23.4. The van der Waals surface area contributed by atoms with Gasteiger partial charge in [-0.15, -0.1) is 0 Å². The van der Waals surface area contributed by atoms with E-state index in [2.05, 4.69) is 35.5 Å². The molecule has 0 radical (unpaired) electrons. The van der Waals surface area contributed by atoms with Gasteiger partial charge in [0.1, 0.15) is 29.5 Å². The number of aryl methyl sites for hydroxylation is 2. The van der Waals surface area contributed by atoms with E-state index in [0.29, 0.717) is 37.2 Å². The highest BCUT2D eigenvalue weighted by Crippen LogP contribution is 2.34. The van der Waals surface area contributed by atoms with Crippen molar-refractivity contribution in [1.29, 1.82) is 0 Å². The minimum Gasteiger partial charge on any atom is -0.488 e. The van der Waals surface area contributed by atoms with Crippen LogP contribution in [-0.2, 0) is 11.3 Å². The Morgan fingerprint density at radius 1 is 1.00 bits per heavy atom. The SMILES string of the molecule is Cc1cnc(-c2cc(OC3CCOCC3)c3ncnc(NCc4ccc(C)nn4)c3c2)nc1.N. The third-order valence-corrected chi connectivity index (χ3v) is 5.49. The van der Waals surface area contributed by atoms with Crippen LogP contribution in [0.4, 0.5) is 5.82 Å².